The van der Waals surface area contributed by atoms with Crippen LogP contribution in [0.15, 0.2) is 65.1 Å². The van der Waals surface area contributed by atoms with E-state index in [-0.39, 0.29) is 17.5 Å². The quantitative estimate of drug-likeness (QED) is 0.531. The molecule has 136 valence electrons. The summed E-state index contributed by atoms with van der Waals surface area (Å²) in [5.74, 6) is -1.66. The largest absolute Gasteiger partial charge is 0.452 e. The van der Waals surface area contributed by atoms with Crippen molar-refractivity contribution in [3.8, 4) is 11.5 Å². The van der Waals surface area contributed by atoms with Gasteiger partial charge in [-0.15, -0.1) is 5.10 Å². The number of hydrogen-bond donors (Lipinski definition) is 1. The van der Waals surface area contributed by atoms with Crippen molar-refractivity contribution < 1.29 is 23.1 Å². The third kappa shape index (κ3) is 5.08. The highest BCUT2D eigenvalue weighted by atomic mass is 19.1. The Morgan fingerprint density at radius 3 is 2.59 bits per heavy atom. The molecule has 0 bridgehead atoms. The summed E-state index contributed by atoms with van der Waals surface area (Å²) in [6, 6.07) is 14.9. The molecule has 2 aromatic carbocycles. The van der Waals surface area contributed by atoms with Crippen molar-refractivity contribution in [1.82, 2.24) is 10.2 Å². The molecule has 3 aromatic rings. The summed E-state index contributed by atoms with van der Waals surface area (Å²) in [4.78, 5) is 23.4. The number of halogens is 1. The average molecular weight is 367 g/mol. The third-order valence-electron chi connectivity index (χ3n) is 3.34. The van der Waals surface area contributed by atoms with Gasteiger partial charge in [0.05, 0.1) is 0 Å². The van der Waals surface area contributed by atoms with Crippen LogP contribution in [0, 0.1) is 5.82 Å². The van der Waals surface area contributed by atoms with E-state index in [1.807, 2.05) is 18.2 Å². The first-order valence-electron chi connectivity index (χ1n) is 7.90. The summed E-state index contributed by atoms with van der Waals surface area (Å²) in [7, 11) is 0. The van der Waals surface area contributed by atoms with Gasteiger partial charge in [0.15, 0.2) is 6.61 Å². The van der Waals surface area contributed by atoms with Crippen molar-refractivity contribution in [3.63, 3.8) is 0 Å². The molecule has 0 aliphatic rings. The fourth-order valence-corrected chi connectivity index (χ4v) is 2.08. The van der Waals surface area contributed by atoms with E-state index in [2.05, 4.69) is 15.5 Å². The number of aromatic nitrogens is 2. The molecule has 0 spiro atoms. The van der Waals surface area contributed by atoms with Gasteiger partial charge in [-0.05, 0) is 24.3 Å². The summed E-state index contributed by atoms with van der Waals surface area (Å²) in [6.07, 6.45) is 2.30. The van der Waals surface area contributed by atoms with Gasteiger partial charge in [0.2, 0.25) is 5.89 Å². The Morgan fingerprint density at radius 2 is 1.81 bits per heavy atom. The van der Waals surface area contributed by atoms with Crippen molar-refractivity contribution in [2.24, 2.45) is 0 Å². The Hall–Kier alpha value is -3.81. The van der Waals surface area contributed by atoms with E-state index in [1.54, 1.807) is 18.2 Å². The second kappa shape index (κ2) is 8.52. The number of anilines is 1. The van der Waals surface area contributed by atoms with Crippen LogP contribution in [0.4, 0.5) is 10.4 Å². The third-order valence-corrected chi connectivity index (χ3v) is 3.34. The lowest BCUT2D eigenvalue weighted by Crippen LogP contribution is -2.20. The summed E-state index contributed by atoms with van der Waals surface area (Å²) in [5.41, 5.74) is 0.938. The molecule has 3 rings (SSSR count). The predicted molar refractivity (Wildman–Crippen MR) is 94.8 cm³/mol. The molecule has 0 aliphatic carbocycles. The summed E-state index contributed by atoms with van der Waals surface area (Å²) < 4.78 is 23.5. The summed E-state index contributed by atoms with van der Waals surface area (Å²) in [6.45, 7) is -0.552. The fraction of sp³-hybridized carbons (Fsp3) is 0.0526. The van der Waals surface area contributed by atoms with Crippen molar-refractivity contribution in [1.29, 1.82) is 0 Å². The van der Waals surface area contributed by atoms with Crippen LogP contribution < -0.4 is 5.32 Å². The fourth-order valence-electron chi connectivity index (χ4n) is 2.08. The number of amides is 1. The van der Waals surface area contributed by atoms with Crippen molar-refractivity contribution >= 4 is 24.0 Å². The van der Waals surface area contributed by atoms with Crippen LogP contribution in [-0.4, -0.2) is 28.7 Å². The number of rotatable bonds is 6. The van der Waals surface area contributed by atoms with E-state index >= 15 is 0 Å². The number of nitrogens with zero attached hydrogens (tertiary/aromatic N) is 2. The number of carbonyl (C=O) groups excluding carboxylic acids is 2. The van der Waals surface area contributed by atoms with E-state index in [0.29, 0.717) is 5.56 Å². The second-order valence-electron chi connectivity index (χ2n) is 5.29. The normalized spacial score (nSPS) is 10.7. The van der Waals surface area contributed by atoms with Crippen molar-refractivity contribution in [2.75, 3.05) is 11.9 Å². The van der Waals surface area contributed by atoms with Gasteiger partial charge in [0.25, 0.3) is 5.91 Å². The molecule has 0 aliphatic heterocycles. The van der Waals surface area contributed by atoms with Gasteiger partial charge < -0.3 is 9.15 Å². The van der Waals surface area contributed by atoms with E-state index in [9.17, 15) is 14.0 Å². The molecule has 1 amide bonds. The second-order valence-corrected chi connectivity index (χ2v) is 5.29. The maximum Gasteiger partial charge on any atom is 0.331 e. The smallest absolute Gasteiger partial charge is 0.331 e. The molecular weight excluding hydrogens is 353 g/mol. The van der Waals surface area contributed by atoms with Gasteiger partial charge in [0.1, 0.15) is 5.82 Å². The minimum absolute atomic E-state index is 0.114. The zero-order chi connectivity index (χ0) is 19.1. The SMILES string of the molecule is O=C(COC(=O)/C=C/c1ccccc1F)Nc1nnc(-c2ccccc2)o1. The van der Waals surface area contributed by atoms with E-state index in [4.69, 9.17) is 9.15 Å². The summed E-state index contributed by atoms with van der Waals surface area (Å²) in [5, 5.41) is 9.85. The summed E-state index contributed by atoms with van der Waals surface area (Å²) >= 11 is 0. The first-order valence-corrected chi connectivity index (χ1v) is 7.90. The van der Waals surface area contributed by atoms with Gasteiger partial charge in [-0.25, -0.2) is 9.18 Å². The molecule has 0 saturated heterocycles. The zero-order valence-corrected chi connectivity index (χ0v) is 14.0. The number of esters is 1. The van der Waals surface area contributed by atoms with Gasteiger partial charge in [-0.1, -0.05) is 41.5 Å². The maximum atomic E-state index is 13.4. The standard InChI is InChI=1S/C19H14FN3O4/c20-15-9-5-4-6-13(15)10-11-17(25)26-12-16(24)21-19-23-22-18(27-19)14-7-2-1-3-8-14/h1-11H,12H2,(H,21,23,24)/b11-10+. The molecule has 27 heavy (non-hydrogen) atoms. The Morgan fingerprint density at radius 1 is 1.07 bits per heavy atom. The molecule has 1 heterocycles. The monoisotopic (exact) mass is 367 g/mol. The Bertz CT molecular complexity index is 970. The minimum atomic E-state index is -0.788. The minimum Gasteiger partial charge on any atom is -0.452 e. The average Bonchev–Trinajstić information content (AvgIpc) is 3.15. The lowest BCUT2D eigenvalue weighted by atomic mass is 10.2. The molecule has 0 saturated carbocycles. The van der Waals surface area contributed by atoms with Gasteiger partial charge in [-0.2, -0.15) is 0 Å². The van der Waals surface area contributed by atoms with E-state index in [1.165, 1.54) is 24.3 Å². The van der Waals surface area contributed by atoms with Crippen molar-refractivity contribution in [2.45, 2.75) is 0 Å². The van der Waals surface area contributed by atoms with Crippen LogP contribution in [0.25, 0.3) is 17.5 Å². The van der Waals surface area contributed by atoms with Crippen LogP contribution in [-0.2, 0) is 14.3 Å². The highest BCUT2D eigenvalue weighted by Crippen LogP contribution is 2.18. The lowest BCUT2D eigenvalue weighted by Gasteiger charge is -2.01. The topological polar surface area (TPSA) is 94.3 Å². The van der Waals surface area contributed by atoms with E-state index in [0.717, 1.165) is 6.08 Å². The molecule has 0 unspecified atom stereocenters. The molecule has 7 nitrogen and oxygen atoms in total. The number of carbonyl (C=O) groups is 2. The Labute approximate surface area is 153 Å². The van der Waals surface area contributed by atoms with Crippen LogP contribution >= 0.6 is 0 Å². The zero-order valence-electron chi connectivity index (χ0n) is 14.0. The molecule has 1 aromatic heterocycles. The van der Waals surface area contributed by atoms with Crippen LogP contribution in [0.3, 0.4) is 0 Å². The van der Waals surface area contributed by atoms with Gasteiger partial charge in [0, 0.05) is 17.2 Å². The number of hydrogen-bond acceptors (Lipinski definition) is 6. The van der Waals surface area contributed by atoms with Crippen LogP contribution in [0.1, 0.15) is 5.56 Å². The molecular formula is C19H14FN3O4. The molecule has 8 heteroatoms. The van der Waals surface area contributed by atoms with Gasteiger partial charge >= 0.3 is 12.0 Å². The molecule has 0 radical (unpaired) electrons. The van der Waals surface area contributed by atoms with Crippen molar-refractivity contribution in [3.05, 3.63) is 72.1 Å². The molecule has 1 N–H and O–H groups in total. The maximum absolute atomic E-state index is 13.4. The first kappa shape index (κ1) is 18.0. The number of nitrogens with one attached hydrogen (secondary N) is 1. The van der Waals surface area contributed by atoms with Crippen LogP contribution in [0.5, 0.6) is 0 Å². The van der Waals surface area contributed by atoms with E-state index < -0.39 is 24.3 Å². The number of benzene rings is 2. The highest BCUT2D eigenvalue weighted by Gasteiger charge is 2.12. The van der Waals surface area contributed by atoms with Gasteiger partial charge in [-0.3, -0.25) is 10.1 Å². The lowest BCUT2D eigenvalue weighted by molar-refractivity contribution is -0.142. The molecule has 0 atom stereocenters. The predicted octanol–water partition coefficient (Wildman–Crippen LogP) is 3.07. The Balaban J connectivity index is 1.49. The first-order chi connectivity index (χ1) is 13.1. The highest BCUT2D eigenvalue weighted by molar-refractivity contribution is 5.93. The molecule has 0 fully saturated rings. The number of ether oxygens (including phenoxy) is 1. The van der Waals surface area contributed by atoms with Crippen LogP contribution in [0.2, 0.25) is 0 Å². The Kier molecular flexibility index (Phi) is 5.68.